The summed E-state index contributed by atoms with van der Waals surface area (Å²) in [6, 6.07) is 0. The Hall–Kier alpha value is -1.24. The van der Waals surface area contributed by atoms with Gasteiger partial charge in [0.15, 0.2) is 0 Å². The Labute approximate surface area is 499 Å². The second-order valence-electron chi connectivity index (χ2n) is 22.9. The van der Waals surface area contributed by atoms with Crippen LogP contribution in [0.15, 0.2) is 0 Å². The molecule has 0 heterocycles. The van der Waals surface area contributed by atoms with E-state index in [0.717, 1.165) is 51.4 Å². The zero-order chi connectivity index (χ0) is 56.7. The normalized spacial score (nSPS) is 10.6. The first kappa shape index (κ1) is 84.6. The standard InChI is InChI=1S/4C17H34O2.Zr/c4*1-2-3-4-5-6-7-8-9-10-11-12-13-14-15-16-17(18)19;/h4*2-16H2,1H3,(H,18,19);/q;;;;+4/p-4. The maximum absolute atomic E-state index is 10.2. The van der Waals surface area contributed by atoms with Crippen molar-refractivity contribution >= 4 is 23.9 Å². The summed E-state index contributed by atoms with van der Waals surface area (Å²) in [6.07, 6.45) is 73.6. The van der Waals surface area contributed by atoms with E-state index in [1.807, 2.05) is 0 Å². The summed E-state index contributed by atoms with van der Waals surface area (Å²) in [5.74, 6) is -3.62. The third-order valence-electron chi connectivity index (χ3n) is 14.9. The molecule has 9 heteroatoms. The Bertz CT molecular complexity index is 935. The molecule has 0 bridgehead atoms. The van der Waals surface area contributed by atoms with Gasteiger partial charge in [-0.05, 0) is 51.4 Å². The topological polar surface area (TPSA) is 161 Å². The Balaban J connectivity index is -0.000000298. The van der Waals surface area contributed by atoms with Gasteiger partial charge in [-0.25, -0.2) is 0 Å². The van der Waals surface area contributed by atoms with E-state index in [4.69, 9.17) is 0 Å². The summed E-state index contributed by atoms with van der Waals surface area (Å²) >= 11 is 0. The van der Waals surface area contributed by atoms with Crippen LogP contribution >= 0.6 is 0 Å². The molecule has 0 saturated heterocycles. The Morgan fingerprint density at radius 2 is 0.247 bits per heavy atom. The monoisotopic (exact) mass is 1170 g/mol. The smallest absolute Gasteiger partial charge is 0.550 e. The number of rotatable bonds is 60. The number of carbonyl (C=O) groups excluding carboxylic acids is 4. The molecule has 0 unspecified atom stereocenters. The zero-order valence-corrected chi connectivity index (χ0v) is 54.7. The first-order chi connectivity index (χ1) is 37.1. The second-order valence-corrected chi connectivity index (χ2v) is 22.9. The summed E-state index contributed by atoms with van der Waals surface area (Å²) in [6.45, 7) is 9.05. The first-order valence-electron chi connectivity index (χ1n) is 33.9. The van der Waals surface area contributed by atoms with Crippen molar-refractivity contribution in [2.24, 2.45) is 0 Å². The van der Waals surface area contributed by atoms with E-state index < -0.39 is 23.9 Å². The quantitative estimate of drug-likeness (QED) is 0.0544. The molecule has 0 atom stereocenters. The summed E-state index contributed by atoms with van der Waals surface area (Å²) in [5, 5.41) is 40.8. The van der Waals surface area contributed by atoms with E-state index in [2.05, 4.69) is 27.7 Å². The van der Waals surface area contributed by atoms with Gasteiger partial charge in [0, 0.05) is 23.9 Å². The van der Waals surface area contributed by atoms with Crippen LogP contribution in [0.1, 0.15) is 413 Å². The van der Waals surface area contributed by atoms with Crippen molar-refractivity contribution in [2.75, 3.05) is 0 Å². The van der Waals surface area contributed by atoms with Crippen molar-refractivity contribution < 1.29 is 65.8 Å². The van der Waals surface area contributed by atoms with E-state index in [1.54, 1.807) is 0 Å². The van der Waals surface area contributed by atoms with Gasteiger partial charge in [0.25, 0.3) is 0 Å². The molecule has 8 nitrogen and oxygen atoms in total. The van der Waals surface area contributed by atoms with Crippen molar-refractivity contribution in [3.63, 3.8) is 0 Å². The molecule has 456 valence electrons. The fourth-order valence-electron chi connectivity index (χ4n) is 9.86. The van der Waals surface area contributed by atoms with Crippen LogP contribution in [0.5, 0.6) is 0 Å². The van der Waals surface area contributed by atoms with Crippen LogP contribution in [0.4, 0.5) is 0 Å². The van der Waals surface area contributed by atoms with Gasteiger partial charge in [-0.3, -0.25) is 0 Å². The van der Waals surface area contributed by atoms with Crippen molar-refractivity contribution in [1.82, 2.24) is 0 Å². The molecule has 0 aromatic carbocycles. The largest absolute Gasteiger partial charge is 4.00 e. The van der Waals surface area contributed by atoms with Crippen molar-refractivity contribution in [1.29, 1.82) is 0 Å². The molecule has 77 heavy (non-hydrogen) atoms. The molecule has 0 aliphatic heterocycles. The Morgan fingerprint density at radius 1 is 0.169 bits per heavy atom. The molecule has 0 aliphatic carbocycles. The molecule has 0 spiro atoms. The summed E-state index contributed by atoms with van der Waals surface area (Å²) < 4.78 is 0. The molecule has 0 saturated carbocycles. The minimum Gasteiger partial charge on any atom is -0.550 e. The van der Waals surface area contributed by atoms with Gasteiger partial charge in [-0.2, -0.15) is 0 Å². The molecule has 0 aromatic heterocycles. The van der Waals surface area contributed by atoms with Gasteiger partial charge in [-0.15, -0.1) is 0 Å². The number of carbonyl (C=O) groups is 4. The maximum Gasteiger partial charge on any atom is 4.00 e. The molecule has 0 radical (unpaired) electrons. The molecule has 0 rings (SSSR count). The second kappa shape index (κ2) is 81.2. The van der Waals surface area contributed by atoms with Crippen LogP contribution in [0.2, 0.25) is 0 Å². The van der Waals surface area contributed by atoms with E-state index in [9.17, 15) is 39.6 Å². The molecule has 0 fully saturated rings. The number of carboxylic acids is 4. The number of hydrogen-bond donors (Lipinski definition) is 0. The molecule has 0 aromatic rings. The van der Waals surface area contributed by atoms with Gasteiger partial charge in [0.2, 0.25) is 0 Å². The van der Waals surface area contributed by atoms with E-state index in [-0.39, 0.29) is 51.9 Å². The van der Waals surface area contributed by atoms with Crippen LogP contribution in [0, 0.1) is 0 Å². The summed E-state index contributed by atoms with van der Waals surface area (Å²) in [5.41, 5.74) is 0. The fourth-order valence-corrected chi connectivity index (χ4v) is 9.86. The Kier molecular flexibility index (Phi) is 89.2. The Morgan fingerprint density at radius 3 is 0.325 bits per heavy atom. The summed E-state index contributed by atoms with van der Waals surface area (Å²) in [7, 11) is 0. The van der Waals surface area contributed by atoms with Crippen molar-refractivity contribution in [3.05, 3.63) is 0 Å². The van der Waals surface area contributed by atoms with Gasteiger partial charge >= 0.3 is 26.2 Å². The van der Waals surface area contributed by atoms with Crippen molar-refractivity contribution in [3.8, 4) is 0 Å². The number of hydrogen-bond acceptors (Lipinski definition) is 8. The van der Waals surface area contributed by atoms with Crippen LogP contribution < -0.4 is 20.4 Å². The number of carboxylic acid groups (broad SMARTS) is 4. The van der Waals surface area contributed by atoms with E-state index in [1.165, 1.54) is 308 Å². The van der Waals surface area contributed by atoms with Gasteiger partial charge in [0.1, 0.15) is 0 Å². The maximum atomic E-state index is 10.2. The molecule has 0 N–H and O–H groups in total. The third kappa shape index (κ3) is 100. The zero-order valence-electron chi connectivity index (χ0n) is 52.2. The first-order valence-corrected chi connectivity index (χ1v) is 33.9. The van der Waals surface area contributed by atoms with Crippen LogP contribution in [0.25, 0.3) is 0 Å². The molecular formula is C68H132O8Zr. The predicted molar refractivity (Wildman–Crippen MR) is 320 cm³/mol. The fraction of sp³-hybridized carbons (Fsp3) is 0.941. The predicted octanol–water partition coefficient (Wildman–Crippen LogP) is 18.4. The molecule has 0 amide bonds. The van der Waals surface area contributed by atoms with Gasteiger partial charge in [0.05, 0.1) is 0 Å². The van der Waals surface area contributed by atoms with Gasteiger partial charge in [-0.1, -0.05) is 362 Å². The van der Waals surface area contributed by atoms with Crippen molar-refractivity contribution in [2.45, 2.75) is 413 Å². The van der Waals surface area contributed by atoms with Crippen LogP contribution in [0.3, 0.4) is 0 Å². The average molecular weight is 1170 g/mol. The number of unbranched alkanes of at least 4 members (excludes halogenated alkanes) is 52. The number of aliphatic carboxylic acids is 4. The average Bonchev–Trinajstić information content (AvgIpc) is 3.39. The van der Waals surface area contributed by atoms with E-state index >= 15 is 0 Å². The SMILES string of the molecule is CCCCCCCCCCCCCCCCC(=O)[O-].CCCCCCCCCCCCCCCCC(=O)[O-].CCCCCCCCCCCCCCCCC(=O)[O-].CCCCCCCCCCCCCCCCC(=O)[O-].[Zr+4]. The van der Waals surface area contributed by atoms with Gasteiger partial charge < -0.3 is 39.6 Å². The molecular weight excluding hydrogens is 1040 g/mol. The van der Waals surface area contributed by atoms with Crippen LogP contribution in [-0.4, -0.2) is 23.9 Å². The minimum atomic E-state index is -0.904. The van der Waals surface area contributed by atoms with Crippen LogP contribution in [-0.2, 0) is 45.4 Å². The summed E-state index contributed by atoms with van der Waals surface area (Å²) in [4.78, 5) is 40.8. The third-order valence-corrected chi connectivity index (χ3v) is 14.9. The van der Waals surface area contributed by atoms with E-state index in [0.29, 0.717) is 0 Å². The minimum absolute atomic E-state index is 0. The molecule has 0 aliphatic rings.